The van der Waals surface area contributed by atoms with Crippen LogP contribution >= 0.6 is 0 Å². The Kier molecular flexibility index (Phi) is 4.68. The van der Waals surface area contributed by atoms with E-state index in [2.05, 4.69) is 0 Å². The molecule has 0 radical (unpaired) electrons. The van der Waals surface area contributed by atoms with Gasteiger partial charge in [-0.1, -0.05) is 30.3 Å². The molecule has 2 aromatic carbocycles. The second-order valence-corrected chi connectivity index (χ2v) is 4.77. The third kappa shape index (κ3) is 3.33. The first kappa shape index (κ1) is 16.5. The molecule has 0 aliphatic carbocycles. The zero-order valence-corrected chi connectivity index (χ0v) is 12.0. The molecule has 1 amide bonds. The first-order valence-corrected chi connectivity index (χ1v) is 6.55. The van der Waals surface area contributed by atoms with E-state index in [1.807, 2.05) is 0 Å². The number of hydrogen-bond acceptors (Lipinski definition) is 2. The molecule has 0 aliphatic heterocycles. The molecule has 7 heteroatoms. The molecule has 0 unspecified atom stereocenters. The lowest BCUT2D eigenvalue weighted by Gasteiger charge is -2.24. The Balaban J connectivity index is 2.64. The number of aromatic carboxylic acids is 1. The highest BCUT2D eigenvalue weighted by Crippen LogP contribution is 2.30. The fraction of sp³-hybridized carbons (Fsp3) is 0.125. The fourth-order valence-corrected chi connectivity index (χ4v) is 2.15. The SMILES string of the molecule is CC(=O)N(Cc1ccccc1)c1c(F)c(F)cc(F)c1C(=O)O. The summed E-state index contributed by atoms with van der Waals surface area (Å²) in [5.41, 5.74) is -1.47. The molecule has 0 fully saturated rings. The summed E-state index contributed by atoms with van der Waals surface area (Å²) in [6.45, 7) is 0.826. The number of rotatable bonds is 4. The maximum Gasteiger partial charge on any atom is 0.340 e. The normalized spacial score (nSPS) is 10.4. The molecule has 23 heavy (non-hydrogen) atoms. The number of anilines is 1. The van der Waals surface area contributed by atoms with Gasteiger partial charge in [-0.3, -0.25) is 4.79 Å². The highest BCUT2D eigenvalue weighted by molar-refractivity contribution is 6.01. The summed E-state index contributed by atoms with van der Waals surface area (Å²) in [6.07, 6.45) is 0. The van der Waals surface area contributed by atoms with Crippen molar-refractivity contribution in [3.8, 4) is 0 Å². The average Bonchev–Trinajstić information content (AvgIpc) is 2.49. The zero-order chi connectivity index (χ0) is 17.1. The number of carboxylic acids is 1. The van der Waals surface area contributed by atoms with Crippen molar-refractivity contribution >= 4 is 17.6 Å². The van der Waals surface area contributed by atoms with Crippen molar-refractivity contribution in [1.29, 1.82) is 0 Å². The topological polar surface area (TPSA) is 57.6 Å². The van der Waals surface area contributed by atoms with Gasteiger partial charge in [-0.2, -0.15) is 0 Å². The second kappa shape index (κ2) is 6.51. The maximum atomic E-state index is 14.1. The number of amides is 1. The van der Waals surface area contributed by atoms with Gasteiger partial charge in [0.25, 0.3) is 0 Å². The number of carbonyl (C=O) groups is 2. The summed E-state index contributed by atoms with van der Waals surface area (Å²) in [5.74, 6) is -7.15. The maximum absolute atomic E-state index is 14.1. The number of nitrogens with zero attached hydrogens (tertiary/aromatic N) is 1. The van der Waals surface area contributed by atoms with Crippen molar-refractivity contribution in [3.63, 3.8) is 0 Å². The molecular formula is C16H12F3NO3. The Labute approximate surface area is 129 Å². The lowest BCUT2D eigenvalue weighted by Crippen LogP contribution is -2.31. The standard InChI is InChI=1S/C16H12F3NO3/c1-9(21)20(8-10-5-3-2-4-6-10)15-13(16(22)23)11(17)7-12(18)14(15)19/h2-7H,8H2,1H3,(H,22,23). The predicted octanol–water partition coefficient (Wildman–Crippen LogP) is 3.36. The van der Waals surface area contributed by atoms with E-state index < -0.39 is 40.6 Å². The number of halogens is 3. The van der Waals surface area contributed by atoms with Crippen molar-refractivity contribution in [2.75, 3.05) is 4.90 Å². The summed E-state index contributed by atoms with van der Waals surface area (Å²) in [4.78, 5) is 23.7. The fourth-order valence-electron chi connectivity index (χ4n) is 2.15. The number of carbonyl (C=O) groups excluding carboxylic acids is 1. The monoisotopic (exact) mass is 323 g/mol. The molecule has 0 aliphatic rings. The molecule has 120 valence electrons. The smallest absolute Gasteiger partial charge is 0.340 e. The highest BCUT2D eigenvalue weighted by Gasteiger charge is 2.29. The van der Waals surface area contributed by atoms with E-state index in [4.69, 9.17) is 5.11 Å². The second-order valence-electron chi connectivity index (χ2n) is 4.77. The Morgan fingerprint density at radius 2 is 1.70 bits per heavy atom. The van der Waals surface area contributed by atoms with Crippen LogP contribution < -0.4 is 4.90 Å². The van der Waals surface area contributed by atoms with E-state index in [1.54, 1.807) is 30.3 Å². The minimum Gasteiger partial charge on any atom is -0.478 e. The predicted molar refractivity (Wildman–Crippen MR) is 76.6 cm³/mol. The molecule has 0 heterocycles. The largest absolute Gasteiger partial charge is 0.478 e. The zero-order valence-electron chi connectivity index (χ0n) is 12.0. The first-order chi connectivity index (χ1) is 10.8. The Bertz CT molecular complexity index is 763. The molecule has 0 aromatic heterocycles. The molecule has 1 N–H and O–H groups in total. The molecule has 2 rings (SSSR count). The summed E-state index contributed by atoms with van der Waals surface area (Å²) in [5, 5.41) is 9.09. The highest BCUT2D eigenvalue weighted by atomic mass is 19.2. The van der Waals surface area contributed by atoms with Crippen LogP contribution in [0.3, 0.4) is 0 Å². The van der Waals surface area contributed by atoms with Gasteiger partial charge in [-0.15, -0.1) is 0 Å². The van der Waals surface area contributed by atoms with Crippen molar-refractivity contribution in [3.05, 3.63) is 65.0 Å². The van der Waals surface area contributed by atoms with Gasteiger partial charge in [-0.05, 0) is 5.56 Å². The van der Waals surface area contributed by atoms with Gasteiger partial charge >= 0.3 is 5.97 Å². The van der Waals surface area contributed by atoms with E-state index in [-0.39, 0.29) is 12.6 Å². The van der Waals surface area contributed by atoms with E-state index >= 15 is 0 Å². The molecule has 0 bridgehead atoms. The minimum absolute atomic E-state index is 0.142. The average molecular weight is 323 g/mol. The summed E-state index contributed by atoms with van der Waals surface area (Å²) in [6, 6.07) is 8.41. The summed E-state index contributed by atoms with van der Waals surface area (Å²) in [7, 11) is 0. The van der Waals surface area contributed by atoms with Gasteiger partial charge in [0.15, 0.2) is 11.6 Å². The lowest BCUT2D eigenvalue weighted by molar-refractivity contribution is -0.116. The first-order valence-electron chi connectivity index (χ1n) is 6.55. The van der Waals surface area contributed by atoms with Crippen molar-refractivity contribution in [2.45, 2.75) is 13.5 Å². The van der Waals surface area contributed by atoms with Crippen LogP contribution in [0, 0.1) is 17.5 Å². The van der Waals surface area contributed by atoms with Gasteiger partial charge in [0.1, 0.15) is 17.1 Å². The van der Waals surface area contributed by atoms with Crippen LogP contribution in [0.4, 0.5) is 18.9 Å². The molecule has 0 saturated carbocycles. The van der Waals surface area contributed by atoms with Gasteiger partial charge in [0, 0.05) is 13.0 Å². The number of hydrogen-bond donors (Lipinski definition) is 1. The van der Waals surface area contributed by atoms with Crippen molar-refractivity contribution in [2.24, 2.45) is 0 Å². The van der Waals surface area contributed by atoms with Crippen LogP contribution in [0.15, 0.2) is 36.4 Å². The Hall–Kier alpha value is -2.83. The summed E-state index contributed by atoms with van der Waals surface area (Å²) < 4.78 is 41.4. The van der Waals surface area contributed by atoms with Crippen LogP contribution in [-0.4, -0.2) is 17.0 Å². The van der Waals surface area contributed by atoms with Gasteiger partial charge in [0.05, 0.1) is 6.54 Å². The van der Waals surface area contributed by atoms with Gasteiger partial charge in [-0.25, -0.2) is 18.0 Å². The Morgan fingerprint density at radius 1 is 1.09 bits per heavy atom. The molecular weight excluding hydrogens is 311 g/mol. The van der Waals surface area contributed by atoms with E-state index in [0.717, 1.165) is 6.92 Å². The number of carboxylic acid groups (broad SMARTS) is 1. The minimum atomic E-state index is -1.80. The summed E-state index contributed by atoms with van der Waals surface area (Å²) >= 11 is 0. The van der Waals surface area contributed by atoms with Gasteiger partial charge < -0.3 is 10.0 Å². The molecule has 2 aromatic rings. The van der Waals surface area contributed by atoms with Crippen LogP contribution in [0.5, 0.6) is 0 Å². The number of benzene rings is 2. The van der Waals surface area contributed by atoms with E-state index in [9.17, 15) is 22.8 Å². The van der Waals surface area contributed by atoms with Crippen molar-refractivity contribution < 1.29 is 27.9 Å². The van der Waals surface area contributed by atoms with Crippen LogP contribution in [0.2, 0.25) is 0 Å². The van der Waals surface area contributed by atoms with Crippen LogP contribution in [-0.2, 0) is 11.3 Å². The Morgan fingerprint density at radius 3 is 2.22 bits per heavy atom. The molecule has 0 atom stereocenters. The van der Waals surface area contributed by atoms with Crippen LogP contribution in [0.25, 0.3) is 0 Å². The van der Waals surface area contributed by atoms with E-state index in [0.29, 0.717) is 10.5 Å². The third-order valence-corrected chi connectivity index (χ3v) is 3.19. The molecule has 0 saturated heterocycles. The third-order valence-electron chi connectivity index (χ3n) is 3.19. The molecule has 4 nitrogen and oxygen atoms in total. The van der Waals surface area contributed by atoms with Gasteiger partial charge in [0.2, 0.25) is 5.91 Å². The van der Waals surface area contributed by atoms with Crippen molar-refractivity contribution in [1.82, 2.24) is 0 Å². The lowest BCUT2D eigenvalue weighted by atomic mass is 10.1. The van der Waals surface area contributed by atoms with E-state index in [1.165, 1.54) is 0 Å². The quantitative estimate of drug-likeness (QED) is 0.878. The molecule has 0 spiro atoms. The van der Waals surface area contributed by atoms with Crippen LogP contribution in [0.1, 0.15) is 22.8 Å².